The molecule has 0 N–H and O–H groups in total. The van der Waals surface area contributed by atoms with E-state index in [1.165, 1.54) is 0 Å². The number of carbonyl (C=O) groups excluding carboxylic acids is 2. The molecular formula is C15H19NO2. The zero-order valence-electron chi connectivity index (χ0n) is 11.1. The second kappa shape index (κ2) is 4.56. The van der Waals surface area contributed by atoms with Crippen molar-refractivity contribution in [1.29, 1.82) is 0 Å². The molecule has 1 saturated heterocycles. The van der Waals surface area contributed by atoms with Crippen LogP contribution in [0, 0.1) is 5.41 Å². The molecule has 0 bridgehead atoms. The quantitative estimate of drug-likeness (QED) is 0.820. The van der Waals surface area contributed by atoms with Crippen LogP contribution in [0.1, 0.15) is 38.8 Å². The summed E-state index contributed by atoms with van der Waals surface area (Å²) in [5, 5.41) is 0. The van der Waals surface area contributed by atoms with Gasteiger partial charge < -0.3 is 4.90 Å². The van der Waals surface area contributed by atoms with Crippen molar-refractivity contribution in [2.75, 3.05) is 6.54 Å². The summed E-state index contributed by atoms with van der Waals surface area (Å²) in [7, 11) is 0. The fraction of sp³-hybridized carbons (Fsp3) is 0.467. The number of amides is 1. The Kier molecular flexibility index (Phi) is 3.24. The average molecular weight is 245 g/mol. The van der Waals surface area contributed by atoms with Crippen LogP contribution in [0.3, 0.4) is 0 Å². The lowest BCUT2D eigenvalue weighted by molar-refractivity contribution is -0.130. The van der Waals surface area contributed by atoms with Crippen LogP contribution in [-0.2, 0) is 9.59 Å². The van der Waals surface area contributed by atoms with Crippen LogP contribution >= 0.6 is 0 Å². The highest BCUT2D eigenvalue weighted by Crippen LogP contribution is 2.36. The van der Waals surface area contributed by atoms with Crippen molar-refractivity contribution >= 4 is 11.7 Å². The third-order valence-electron chi connectivity index (χ3n) is 3.98. The van der Waals surface area contributed by atoms with E-state index < -0.39 is 5.41 Å². The molecular weight excluding hydrogens is 226 g/mol. The zero-order chi connectivity index (χ0) is 13.3. The molecule has 1 aromatic rings. The number of Topliss-reactive ketones (excluding diaryl/α,β-unsaturated/α-hetero) is 1. The van der Waals surface area contributed by atoms with E-state index in [1.807, 2.05) is 49.1 Å². The van der Waals surface area contributed by atoms with Crippen LogP contribution in [0.2, 0.25) is 0 Å². The second-order valence-electron chi connectivity index (χ2n) is 5.40. The lowest BCUT2D eigenvalue weighted by atomic mass is 9.85. The van der Waals surface area contributed by atoms with E-state index >= 15 is 0 Å². The van der Waals surface area contributed by atoms with Gasteiger partial charge in [0, 0.05) is 13.0 Å². The summed E-state index contributed by atoms with van der Waals surface area (Å²) < 4.78 is 0. The summed E-state index contributed by atoms with van der Waals surface area (Å²) in [6.45, 7) is 5.99. The summed E-state index contributed by atoms with van der Waals surface area (Å²) in [6.07, 6.45) is 0.333. The fourth-order valence-corrected chi connectivity index (χ4v) is 2.46. The van der Waals surface area contributed by atoms with E-state index in [9.17, 15) is 9.59 Å². The van der Waals surface area contributed by atoms with E-state index in [1.54, 1.807) is 6.92 Å². The lowest BCUT2D eigenvalue weighted by Crippen LogP contribution is -2.32. The predicted octanol–water partition coefficient (Wildman–Crippen LogP) is 2.58. The summed E-state index contributed by atoms with van der Waals surface area (Å²) in [4.78, 5) is 25.5. The van der Waals surface area contributed by atoms with Crippen molar-refractivity contribution in [1.82, 2.24) is 4.90 Å². The Morgan fingerprint density at radius 3 is 2.44 bits per heavy atom. The minimum absolute atomic E-state index is 0.0277. The standard InChI is InChI=1S/C15H19NO2/c1-11(13-7-5-4-6-8-13)16-10-15(3,12(2)17)9-14(16)18/h4-8,11H,9-10H2,1-3H3/t11-,15?/m1/s1. The largest absolute Gasteiger partial charge is 0.335 e. The summed E-state index contributed by atoms with van der Waals surface area (Å²) in [5.74, 6) is 0.169. The maximum atomic E-state index is 12.1. The zero-order valence-corrected chi connectivity index (χ0v) is 11.1. The Morgan fingerprint density at radius 2 is 1.94 bits per heavy atom. The Hall–Kier alpha value is -1.64. The van der Waals surface area contributed by atoms with Gasteiger partial charge in [-0.3, -0.25) is 9.59 Å². The molecule has 1 unspecified atom stereocenters. The van der Waals surface area contributed by atoms with Crippen LogP contribution in [0.4, 0.5) is 0 Å². The number of benzene rings is 1. The SMILES string of the molecule is CC(=O)C1(C)CC(=O)N([C@H](C)c2ccccc2)C1. The van der Waals surface area contributed by atoms with Crippen molar-refractivity contribution in [3.63, 3.8) is 0 Å². The average Bonchev–Trinajstić information content (AvgIpc) is 2.66. The first kappa shape index (κ1) is 12.8. The van der Waals surface area contributed by atoms with Gasteiger partial charge >= 0.3 is 0 Å². The number of carbonyl (C=O) groups is 2. The molecule has 1 aliphatic rings. The van der Waals surface area contributed by atoms with Gasteiger partial charge in [0.1, 0.15) is 5.78 Å². The van der Waals surface area contributed by atoms with Gasteiger partial charge in [-0.25, -0.2) is 0 Å². The van der Waals surface area contributed by atoms with Gasteiger partial charge in [-0.2, -0.15) is 0 Å². The highest BCUT2D eigenvalue weighted by molar-refractivity contribution is 5.92. The van der Waals surface area contributed by atoms with Gasteiger partial charge in [0.05, 0.1) is 11.5 Å². The van der Waals surface area contributed by atoms with Crippen LogP contribution in [0.15, 0.2) is 30.3 Å². The van der Waals surface area contributed by atoms with Crippen molar-refractivity contribution in [2.45, 2.75) is 33.2 Å². The van der Waals surface area contributed by atoms with E-state index in [4.69, 9.17) is 0 Å². The topological polar surface area (TPSA) is 37.4 Å². The molecule has 3 nitrogen and oxygen atoms in total. The number of hydrogen-bond donors (Lipinski definition) is 0. The molecule has 96 valence electrons. The van der Waals surface area contributed by atoms with Crippen molar-refractivity contribution in [2.24, 2.45) is 5.41 Å². The van der Waals surface area contributed by atoms with Crippen molar-refractivity contribution < 1.29 is 9.59 Å². The van der Waals surface area contributed by atoms with Crippen LogP contribution < -0.4 is 0 Å². The van der Waals surface area contributed by atoms with Gasteiger partial charge in [0.25, 0.3) is 0 Å². The number of ketones is 1. The first-order valence-electron chi connectivity index (χ1n) is 6.29. The Morgan fingerprint density at radius 1 is 1.33 bits per heavy atom. The Labute approximate surface area is 108 Å². The predicted molar refractivity (Wildman–Crippen MR) is 70.0 cm³/mol. The van der Waals surface area contributed by atoms with Gasteiger partial charge in [0.15, 0.2) is 0 Å². The molecule has 2 rings (SSSR count). The maximum absolute atomic E-state index is 12.1. The van der Waals surface area contributed by atoms with E-state index in [0.717, 1.165) is 5.56 Å². The minimum Gasteiger partial charge on any atom is -0.335 e. The van der Waals surface area contributed by atoms with Crippen LogP contribution in [0.25, 0.3) is 0 Å². The van der Waals surface area contributed by atoms with E-state index in [2.05, 4.69) is 0 Å². The van der Waals surface area contributed by atoms with Gasteiger partial charge in [-0.05, 0) is 19.4 Å². The first-order valence-corrected chi connectivity index (χ1v) is 6.29. The van der Waals surface area contributed by atoms with Crippen LogP contribution in [0.5, 0.6) is 0 Å². The molecule has 1 aliphatic heterocycles. The lowest BCUT2D eigenvalue weighted by Gasteiger charge is -2.27. The number of rotatable bonds is 3. The smallest absolute Gasteiger partial charge is 0.224 e. The molecule has 1 aromatic carbocycles. The molecule has 1 heterocycles. The highest BCUT2D eigenvalue weighted by atomic mass is 16.2. The van der Waals surface area contributed by atoms with Crippen LogP contribution in [-0.4, -0.2) is 23.1 Å². The molecule has 0 radical (unpaired) electrons. The molecule has 0 aromatic heterocycles. The van der Waals surface area contributed by atoms with Gasteiger partial charge in [0.2, 0.25) is 5.91 Å². The second-order valence-corrected chi connectivity index (χ2v) is 5.40. The summed E-state index contributed by atoms with van der Waals surface area (Å²) in [6, 6.07) is 9.96. The molecule has 1 amide bonds. The normalized spacial score (nSPS) is 25.3. The number of likely N-dealkylation sites (tertiary alicyclic amines) is 1. The summed E-state index contributed by atoms with van der Waals surface area (Å²) in [5.41, 5.74) is 0.596. The molecule has 3 heteroatoms. The highest BCUT2D eigenvalue weighted by Gasteiger charge is 2.44. The molecule has 2 atom stereocenters. The Bertz CT molecular complexity index is 469. The molecule has 18 heavy (non-hydrogen) atoms. The first-order chi connectivity index (χ1) is 8.44. The molecule has 1 fully saturated rings. The molecule has 0 saturated carbocycles. The Balaban J connectivity index is 2.21. The van der Waals surface area contributed by atoms with E-state index in [-0.39, 0.29) is 17.7 Å². The molecule has 0 aliphatic carbocycles. The van der Waals surface area contributed by atoms with Crippen molar-refractivity contribution in [3.8, 4) is 0 Å². The number of hydrogen-bond acceptors (Lipinski definition) is 2. The minimum atomic E-state index is -0.514. The third kappa shape index (κ3) is 2.17. The molecule has 0 spiro atoms. The fourth-order valence-electron chi connectivity index (χ4n) is 2.46. The third-order valence-corrected chi connectivity index (χ3v) is 3.98. The van der Waals surface area contributed by atoms with Gasteiger partial charge in [-0.1, -0.05) is 37.3 Å². The summed E-state index contributed by atoms with van der Waals surface area (Å²) >= 11 is 0. The van der Waals surface area contributed by atoms with E-state index in [0.29, 0.717) is 13.0 Å². The van der Waals surface area contributed by atoms with Gasteiger partial charge in [-0.15, -0.1) is 0 Å². The van der Waals surface area contributed by atoms with Crippen molar-refractivity contribution in [3.05, 3.63) is 35.9 Å². The maximum Gasteiger partial charge on any atom is 0.224 e. The monoisotopic (exact) mass is 245 g/mol. The number of nitrogens with zero attached hydrogens (tertiary/aromatic N) is 1.